The first-order valence-corrected chi connectivity index (χ1v) is 12.7. The Hall–Kier alpha value is -4.08. The number of thioether (sulfide) groups is 1. The van der Waals surface area contributed by atoms with Crippen LogP contribution in [0.1, 0.15) is 16.8 Å². The maximum absolute atomic E-state index is 13.4. The number of aliphatic carboxylic acids is 1. The van der Waals surface area contributed by atoms with Crippen molar-refractivity contribution in [2.24, 2.45) is 0 Å². The summed E-state index contributed by atoms with van der Waals surface area (Å²) >= 11 is 6.97. The summed E-state index contributed by atoms with van der Waals surface area (Å²) in [5, 5.41) is 19.5. The molecule has 0 unspecified atom stereocenters. The van der Waals surface area contributed by atoms with Gasteiger partial charge in [-0.05, 0) is 66.7 Å². The molecular weight excluding hydrogens is 529 g/mol. The molecule has 5 aromatic rings. The van der Waals surface area contributed by atoms with Crippen molar-refractivity contribution < 1.29 is 23.4 Å². The van der Waals surface area contributed by atoms with E-state index in [0.717, 1.165) is 39.5 Å². The predicted molar refractivity (Wildman–Crippen MR) is 145 cm³/mol. The lowest BCUT2D eigenvalue weighted by Crippen LogP contribution is -2.02. The third-order valence-corrected chi connectivity index (χ3v) is 7.10. The summed E-state index contributed by atoms with van der Waals surface area (Å²) in [4.78, 5) is 12.3. The van der Waals surface area contributed by atoms with Gasteiger partial charge in [-0.15, -0.1) is 10.2 Å². The Bertz CT molecular complexity index is 1680. The minimum Gasteiger partial charge on any atom is -0.496 e. The fraction of sp³-hybridized carbons (Fsp3) is 0.107. The van der Waals surface area contributed by atoms with Crippen molar-refractivity contribution in [3.05, 3.63) is 99.3 Å². The topological polar surface area (TPSA) is 90.4 Å². The molecule has 192 valence electrons. The highest BCUT2D eigenvalue weighted by atomic mass is 35.5. The van der Waals surface area contributed by atoms with Crippen LogP contribution in [0.4, 0.5) is 4.39 Å². The van der Waals surface area contributed by atoms with Crippen LogP contribution in [0, 0.1) is 12.7 Å². The highest BCUT2D eigenvalue weighted by Gasteiger charge is 2.20. The molecule has 0 radical (unpaired) electrons. The number of carboxylic acid groups (broad SMARTS) is 1. The molecular formula is C28H21ClFN3O4S. The quantitative estimate of drug-likeness (QED) is 0.163. The Balaban J connectivity index is 1.51. The molecule has 0 saturated carbocycles. The summed E-state index contributed by atoms with van der Waals surface area (Å²) in [5.41, 5.74) is 3.98. The minimum absolute atomic E-state index is 0.00560. The lowest BCUT2D eigenvalue weighted by atomic mass is 10.1. The van der Waals surface area contributed by atoms with Crippen LogP contribution >= 0.6 is 23.4 Å². The first-order valence-electron chi connectivity index (χ1n) is 11.5. The zero-order chi connectivity index (χ0) is 26.8. The molecule has 10 heteroatoms. The third-order valence-electron chi connectivity index (χ3n) is 6.02. The Labute approximate surface area is 226 Å². The number of carboxylic acids is 1. The van der Waals surface area contributed by atoms with Crippen LogP contribution < -0.4 is 4.74 Å². The highest BCUT2D eigenvalue weighted by molar-refractivity contribution is 8.03. The first-order chi connectivity index (χ1) is 18.3. The summed E-state index contributed by atoms with van der Waals surface area (Å²) in [6, 6.07) is 19.1. The molecule has 3 aromatic carbocycles. The standard InChI is InChI=1S/C28H21ClFN3O4S/c1-16-21(20-5-3-4-6-23(20)33(16)15-17-7-10-19(30)11-8-17)14-25(27(34)35)38-28-32-31-26(37-28)22-13-18(29)9-12-24(22)36-2/h3-14H,15H2,1-2H3,(H,34,35)/b25-14-. The number of benzene rings is 3. The Kier molecular flexibility index (Phi) is 7.22. The fourth-order valence-corrected chi connectivity index (χ4v) is 5.01. The average molecular weight is 550 g/mol. The molecule has 0 spiro atoms. The summed E-state index contributed by atoms with van der Waals surface area (Å²) in [5.74, 6) is -0.783. The van der Waals surface area contributed by atoms with E-state index in [-0.39, 0.29) is 21.8 Å². The number of ether oxygens (including phenoxy) is 1. The smallest absolute Gasteiger partial charge is 0.342 e. The molecule has 38 heavy (non-hydrogen) atoms. The van der Waals surface area contributed by atoms with Gasteiger partial charge in [0.25, 0.3) is 11.1 Å². The predicted octanol–water partition coefficient (Wildman–Crippen LogP) is 7.07. The Morgan fingerprint density at radius 1 is 1.16 bits per heavy atom. The first kappa shape index (κ1) is 25.6. The van der Waals surface area contributed by atoms with E-state index in [2.05, 4.69) is 14.8 Å². The van der Waals surface area contributed by atoms with Crippen molar-refractivity contribution in [2.75, 3.05) is 7.11 Å². The number of fused-ring (bicyclic) bond motifs is 1. The third kappa shape index (κ3) is 5.16. The molecule has 5 rings (SSSR count). The van der Waals surface area contributed by atoms with Crippen molar-refractivity contribution in [2.45, 2.75) is 18.7 Å². The second kappa shape index (κ2) is 10.7. The zero-order valence-corrected chi connectivity index (χ0v) is 21.9. The number of carbonyl (C=O) groups is 1. The van der Waals surface area contributed by atoms with E-state index in [9.17, 15) is 14.3 Å². The van der Waals surface area contributed by atoms with E-state index in [0.29, 0.717) is 22.9 Å². The number of rotatable bonds is 8. The fourth-order valence-electron chi connectivity index (χ4n) is 4.18. The summed E-state index contributed by atoms with van der Waals surface area (Å²) in [6.07, 6.45) is 1.61. The van der Waals surface area contributed by atoms with Crippen LogP contribution in [-0.4, -0.2) is 33.0 Å². The molecule has 0 atom stereocenters. The molecule has 0 aliphatic rings. The van der Waals surface area contributed by atoms with Gasteiger partial charge in [-0.1, -0.05) is 41.9 Å². The van der Waals surface area contributed by atoms with Crippen LogP contribution in [0.5, 0.6) is 5.75 Å². The van der Waals surface area contributed by atoms with Gasteiger partial charge < -0.3 is 18.8 Å². The van der Waals surface area contributed by atoms with Gasteiger partial charge in [0.1, 0.15) is 16.5 Å². The second-order valence-electron chi connectivity index (χ2n) is 8.36. The molecule has 0 aliphatic heterocycles. The number of para-hydroxylation sites is 1. The van der Waals surface area contributed by atoms with Gasteiger partial charge >= 0.3 is 5.97 Å². The van der Waals surface area contributed by atoms with Gasteiger partial charge in [0.05, 0.1) is 12.7 Å². The molecule has 0 aliphatic carbocycles. The number of halogens is 2. The normalized spacial score (nSPS) is 11.7. The number of hydrogen-bond acceptors (Lipinski definition) is 6. The zero-order valence-electron chi connectivity index (χ0n) is 20.3. The molecule has 0 amide bonds. The van der Waals surface area contributed by atoms with Crippen molar-refractivity contribution in [1.29, 1.82) is 0 Å². The van der Waals surface area contributed by atoms with Crippen molar-refractivity contribution >= 4 is 46.3 Å². The second-order valence-corrected chi connectivity index (χ2v) is 9.79. The lowest BCUT2D eigenvalue weighted by molar-refractivity contribution is -0.131. The van der Waals surface area contributed by atoms with E-state index in [4.69, 9.17) is 20.8 Å². The van der Waals surface area contributed by atoms with Gasteiger partial charge in [-0.2, -0.15) is 0 Å². The van der Waals surface area contributed by atoms with E-state index < -0.39 is 5.97 Å². The van der Waals surface area contributed by atoms with Crippen LogP contribution in [0.2, 0.25) is 5.02 Å². The maximum Gasteiger partial charge on any atom is 0.342 e. The van der Waals surface area contributed by atoms with Crippen molar-refractivity contribution in [3.63, 3.8) is 0 Å². The molecule has 2 aromatic heterocycles. The lowest BCUT2D eigenvalue weighted by Gasteiger charge is -2.09. The van der Waals surface area contributed by atoms with Crippen LogP contribution in [0.25, 0.3) is 28.4 Å². The van der Waals surface area contributed by atoms with E-state index in [1.165, 1.54) is 19.2 Å². The van der Waals surface area contributed by atoms with Crippen LogP contribution in [0.15, 0.2) is 81.3 Å². The number of nitrogens with zero attached hydrogens (tertiary/aromatic N) is 3. The van der Waals surface area contributed by atoms with Gasteiger partial charge in [-0.25, -0.2) is 9.18 Å². The van der Waals surface area contributed by atoms with E-state index in [1.807, 2.05) is 31.2 Å². The minimum atomic E-state index is -1.13. The van der Waals surface area contributed by atoms with Crippen LogP contribution in [-0.2, 0) is 11.3 Å². The average Bonchev–Trinajstić information content (AvgIpc) is 3.48. The summed E-state index contributed by atoms with van der Waals surface area (Å²) < 4.78 is 26.6. The van der Waals surface area contributed by atoms with Gasteiger partial charge in [0, 0.05) is 33.7 Å². The maximum atomic E-state index is 13.4. The summed E-state index contributed by atoms with van der Waals surface area (Å²) in [7, 11) is 1.51. The van der Waals surface area contributed by atoms with E-state index >= 15 is 0 Å². The molecule has 0 saturated heterocycles. The van der Waals surface area contributed by atoms with Crippen molar-refractivity contribution in [3.8, 4) is 17.2 Å². The number of methoxy groups -OCH3 is 1. The van der Waals surface area contributed by atoms with E-state index in [1.54, 1.807) is 36.4 Å². The Morgan fingerprint density at radius 3 is 2.66 bits per heavy atom. The van der Waals surface area contributed by atoms with Gasteiger partial charge in [-0.3, -0.25) is 0 Å². The highest BCUT2D eigenvalue weighted by Crippen LogP contribution is 2.36. The van der Waals surface area contributed by atoms with Crippen LogP contribution in [0.3, 0.4) is 0 Å². The Morgan fingerprint density at radius 2 is 1.92 bits per heavy atom. The van der Waals surface area contributed by atoms with Gasteiger partial charge in [0.2, 0.25) is 0 Å². The number of hydrogen-bond donors (Lipinski definition) is 1. The molecule has 0 bridgehead atoms. The molecule has 2 heterocycles. The largest absolute Gasteiger partial charge is 0.496 e. The summed E-state index contributed by atoms with van der Waals surface area (Å²) in [6.45, 7) is 2.43. The molecule has 7 nitrogen and oxygen atoms in total. The van der Waals surface area contributed by atoms with Crippen molar-refractivity contribution in [1.82, 2.24) is 14.8 Å². The monoisotopic (exact) mass is 549 g/mol. The van der Waals surface area contributed by atoms with Gasteiger partial charge in [0.15, 0.2) is 0 Å². The molecule has 1 N–H and O–H groups in total. The molecule has 0 fully saturated rings. The number of aromatic nitrogens is 3. The SMILES string of the molecule is COc1ccc(Cl)cc1-c1nnc(S/C(=C\c2c(C)n(Cc3ccc(F)cc3)c3ccccc23)C(=O)O)o1.